The maximum absolute atomic E-state index is 5.81. The molecular weight excluding hydrogens is 324 g/mol. The molecule has 2 atom stereocenters. The van der Waals surface area contributed by atoms with Crippen LogP contribution in [0.15, 0.2) is 21.5 Å². The predicted octanol–water partition coefficient (Wildman–Crippen LogP) is 3.13. The van der Waals surface area contributed by atoms with Crippen molar-refractivity contribution >= 4 is 27.7 Å². The monoisotopic (exact) mass is 344 g/mol. The molecule has 0 aliphatic carbocycles. The molecule has 1 saturated heterocycles. The zero-order chi connectivity index (χ0) is 14.0. The van der Waals surface area contributed by atoms with Crippen LogP contribution in [0.1, 0.15) is 18.0 Å². The van der Waals surface area contributed by atoms with Crippen molar-refractivity contribution in [2.45, 2.75) is 17.4 Å². The van der Waals surface area contributed by atoms with Crippen LogP contribution in [0.3, 0.4) is 0 Å². The molecule has 1 aromatic rings. The van der Waals surface area contributed by atoms with Crippen molar-refractivity contribution in [3.63, 3.8) is 0 Å². The molecule has 0 bridgehead atoms. The molecule has 19 heavy (non-hydrogen) atoms. The first-order valence-electron chi connectivity index (χ1n) is 6.42. The summed E-state index contributed by atoms with van der Waals surface area (Å²) in [5, 5.41) is 0. The van der Waals surface area contributed by atoms with Gasteiger partial charge < -0.3 is 10.5 Å². The van der Waals surface area contributed by atoms with Gasteiger partial charge in [0.2, 0.25) is 0 Å². The maximum atomic E-state index is 5.81. The highest BCUT2D eigenvalue weighted by atomic mass is 79.9. The van der Waals surface area contributed by atoms with E-state index in [0.717, 1.165) is 29.7 Å². The van der Waals surface area contributed by atoms with Gasteiger partial charge in [-0.25, -0.2) is 0 Å². The van der Waals surface area contributed by atoms with Gasteiger partial charge in [-0.05, 0) is 65.8 Å². The number of rotatable bonds is 4. The average molecular weight is 345 g/mol. The first-order chi connectivity index (χ1) is 9.10. The largest absolute Gasteiger partial charge is 0.494 e. The summed E-state index contributed by atoms with van der Waals surface area (Å²) >= 11 is 5.33. The van der Waals surface area contributed by atoms with Crippen molar-refractivity contribution in [2.24, 2.45) is 11.7 Å². The van der Waals surface area contributed by atoms with Crippen LogP contribution in [-0.4, -0.2) is 38.4 Å². The standard InChI is InChI=1S/C14H21BrN2OS/c1-17-8-9(7-16)4-12(17)10-5-11(15)14(18-2)13(6-10)19-3/h5-6,9,12H,4,7-8,16H2,1-3H3. The number of nitrogens with zero attached hydrogens (tertiary/aromatic N) is 1. The average Bonchev–Trinajstić information content (AvgIpc) is 2.79. The van der Waals surface area contributed by atoms with E-state index in [1.807, 2.05) is 0 Å². The Bertz CT molecular complexity index is 455. The Morgan fingerprint density at radius 3 is 2.79 bits per heavy atom. The normalized spacial score (nSPS) is 23.8. The summed E-state index contributed by atoms with van der Waals surface area (Å²) < 4.78 is 6.48. The SMILES string of the molecule is COc1c(Br)cc(C2CC(CN)CN2C)cc1SC. The van der Waals surface area contributed by atoms with Gasteiger partial charge in [-0.1, -0.05) is 0 Å². The quantitative estimate of drug-likeness (QED) is 0.851. The minimum Gasteiger partial charge on any atom is -0.494 e. The minimum absolute atomic E-state index is 0.460. The molecule has 0 aromatic heterocycles. The van der Waals surface area contributed by atoms with E-state index in [4.69, 9.17) is 10.5 Å². The lowest BCUT2D eigenvalue weighted by Gasteiger charge is -2.21. The zero-order valence-electron chi connectivity index (χ0n) is 11.6. The van der Waals surface area contributed by atoms with Gasteiger partial charge in [0.15, 0.2) is 0 Å². The van der Waals surface area contributed by atoms with Crippen molar-refractivity contribution in [1.29, 1.82) is 0 Å². The van der Waals surface area contributed by atoms with E-state index >= 15 is 0 Å². The second-order valence-electron chi connectivity index (χ2n) is 5.03. The van der Waals surface area contributed by atoms with E-state index in [0.29, 0.717) is 12.0 Å². The number of methoxy groups -OCH3 is 1. The van der Waals surface area contributed by atoms with E-state index in [2.05, 4.69) is 46.3 Å². The molecule has 1 aliphatic heterocycles. The third-order valence-electron chi connectivity index (χ3n) is 3.81. The number of ether oxygens (including phenoxy) is 1. The van der Waals surface area contributed by atoms with Crippen LogP contribution in [0.2, 0.25) is 0 Å². The van der Waals surface area contributed by atoms with Crippen molar-refractivity contribution in [1.82, 2.24) is 4.90 Å². The van der Waals surface area contributed by atoms with Crippen molar-refractivity contribution in [2.75, 3.05) is 33.5 Å². The van der Waals surface area contributed by atoms with E-state index in [-0.39, 0.29) is 0 Å². The molecule has 1 aliphatic rings. The fraction of sp³-hybridized carbons (Fsp3) is 0.571. The number of halogens is 1. The van der Waals surface area contributed by atoms with Gasteiger partial charge in [0.05, 0.1) is 16.5 Å². The van der Waals surface area contributed by atoms with Crippen LogP contribution in [-0.2, 0) is 0 Å². The smallest absolute Gasteiger partial charge is 0.146 e. The highest BCUT2D eigenvalue weighted by molar-refractivity contribution is 9.10. The van der Waals surface area contributed by atoms with Crippen molar-refractivity contribution in [3.05, 3.63) is 22.2 Å². The molecule has 2 rings (SSSR count). The molecule has 106 valence electrons. The number of benzene rings is 1. The number of likely N-dealkylation sites (tertiary alicyclic amines) is 1. The summed E-state index contributed by atoms with van der Waals surface area (Å²) in [5.41, 5.74) is 7.15. The van der Waals surface area contributed by atoms with Crippen LogP contribution in [0.5, 0.6) is 5.75 Å². The summed E-state index contributed by atoms with van der Waals surface area (Å²) in [5.74, 6) is 1.53. The molecule has 3 nitrogen and oxygen atoms in total. The van der Waals surface area contributed by atoms with Gasteiger partial charge in [-0.2, -0.15) is 0 Å². The highest BCUT2D eigenvalue weighted by Gasteiger charge is 2.30. The summed E-state index contributed by atoms with van der Waals surface area (Å²) in [7, 11) is 3.89. The van der Waals surface area contributed by atoms with E-state index in [1.165, 1.54) is 10.5 Å². The van der Waals surface area contributed by atoms with Gasteiger partial charge in [-0.15, -0.1) is 11.8 Å². The molecule has 2 unspecified atom stereocenters. The first kappa shape index (κ1) is 15.2. The van der Waals surface area contributed by atoms with Crippen molar-refractivity contribution < 1.29 is 4.74 Å². The lowest BCUT2D eigenvalue weighted by Crippen LogP contribution is -2.20. The van der Waals surface area contributed by atoms with Crippen LogP contribution in [0, 0.1) is 5.92 Å². The molecule has 0 saturated carbocycles. The summed E-state index contributed by atoms with van der Waals surface area (Å²) in [6, 6.07) is 4.88. The van der Waals surface area contributed by atoms with Crippen molar-refractivity contribution in [3.8, 4) is 5.75 Å². The molecule has 1 fully saturated rings. The Balaban J connectivity index is 2.33. The topological polar surface area (TPSA) is 38.5 Å². The van der Waals surface area contributed by atoms with Crippen LogP contribution in [0.25, 0.3) is 0 Å². The van der Waals surface area contributed by atoms with Crippen LogP contribution in [0.4, 0.5) is 0 Å². The lowest BCUT2D eigenvalue weighted by molar-refractivity contribution is 0.312. The van der Waals surface area contributed by atoms with E-state index in [1.54, 1.807) is 18.9 Å². The number of hydrogen-bond donors (Lipinski definition) is 1. The lowest BCUT2D eigenvalue weighted by atomic mass is 10.00. The Morgan fingerprint density at radius 1 is 1.53 bits per heavy atom. The van der Waals surface area contributed by atoms with Gasteiger partial charge >= 0.3 is 0 Å². The zero-order valence-corrected chi connectivity index (χ0v) is 14.1. The number of nitrogens with two attached hydrogens (primary N) is 1. The summed E-state index contributed by atoms with van der Waals surface area (Å²) in [6.45, 7) is 1.85. The van der Waals surface area contributed by atoms with Gasteiger partial charge in [-0.3, -0.25) is 4.90 Å². The first-order valence-corrected chi connectivity index (χ1v) is 8.44. The fourth-order valence-electron chi connectivity index (χ4n) is 2.80. The fourth-order valence-corrected chi connectivity index (χ4v) is 4.20. The van der Waals surface area contributed by atoms with Crippen LogP contribution >= 0.6 is 27.7 Å². The molecule has 0 spiro atoms. The molecule has 0 radical (unpaired) electrons. The minimum atomic E-state index is 0.460. The van der Waals surface area contributed by atoms with Gasteiger partial charge in [0.25, 0.3) is 0 Å². The van der Waals surface area contributed by atoms with Gasteiger partial charge in [0, 0.05) is 12.6 Å². The van der Waals surface area contributed by atoms with E-state index in [9.17, 15) is 0 Å². The maximum Gasteiger partial charge on any atom is 0.146 e. The Morgan fingerprint density at radius 2 is 2.26 bits per heavy atom. The number of thioether (sulfide) groups is 1. The third kappa shape index (κ3) is 3.10. The Kier molecular flexibility index (Phi) is 5.17. The number of hydrogen-bond acceptors (Lipinski definition) is 4. The predicted molar refractivity (Wildman–Crippen MR) is 85.0 cm³/mol. The molecule has 2 N–H and O–H groups in total. The summed E-state index contributed by atoms with van der Waals surface area (Å²) in [6.07, 6.45) is 3.22. The van der Waals surface area contributed by atoms with Crippen LogP contribution < -0.4 is 10.5 Å². The Hall–Kier alpha value is -0.230. The second kappa shape index (κ2) is 6.48. The molecular formula is C14H21BrN2OS. The molecule has 0 amide bonds. The molecule has 1 aromatic carbocycles. The van der Waals surface area contributed by atoms with E-state index < -0.39 is 0 Å². The second-order valence-corrected chi connectivity index (χ2v) is 6.73. The Labute approximate surface area is 128 Å². The van der Waals surface area contributed by atoms with Gasteiger partial charge in [0.1, 0.15) is 5.75 Å². The molecule has 5 heteroatoms. The summed E-state index contributed by atoms with van der Waals surface area (Å²) in [4.78, 5) is 3.58. The third-order valence-corrected chi connectivity index (χ3v) is 5.14. The molecule has 1 heterocycles. The highest BCUT2D eigenvalue weighted by Crippen LogP contribution is 2.41.